The number of rotatable bonds is 4. The van der Waals surface area contributed by atoms with Crippen molar-refractivity contribution in [1.82, 2.24) is 20.3 Å². The summed E-state index contributed by atoms with van der Waals surface area (Å²) in [6.45, 7) is 0.108. The number of fused-ring (bicyclic) bond motifs is 1. The molecule has 0 spiro atoms. The van der Waals surface area contributed by atoms with Gasteiger partial charge in [0.2, 0.25) is 0 Å². The van der Waals surface area contributed by atoms with Gasteiger partial charge < -0.3 is 15.6 Å². The van der Waals surface area contributed by atoms with Gasteiger partial charge in [-0.15, -0.1) is 11.3 Å². The van der Waals surface area contributed by atoms with Crippen molar-refractivity contribution in [2.75, 3.05) is 5.32 Å². The summed E-state index contributed by atoms with van der Waals surface area (Å²) >= 11 is 1.50. The zero-order chi connectivity index (χ0) is 17.9. The van der Waals surface area contributed by atoms with Crippen LogP contribution in [0.25, 0.3) is 22.6 Å². The first-order valence-corrected chi connectivity index (χ1v) is 8.80. The van der Waals surface area contributed by atoms with Crippen LogP contribution in [0.2, 0.25) is 0 Å². The number of aromatic nitrogens is 3. The zero-order valence-corrected chi connectivity index (χ0v) is 14.3. The summed E-state index contributed by atoms with van der Waals surface area (Å²) in [5.41, 5.74) is 5.13. The number of amides is 2. The predicted molar refractivity (Wildman–Crippen MR) is 99.5 cm³/mol. The summed E-state index contributed by atoms with van der Waals surface area (Å²) in [4.78, 5) is 24.0. The Hall–Kier alpha value is -3.26. The van der Waals surface area contributed by atoms with Crippen molar-refractivity contribution in [3.8, 4) is 11.5 Å². The number of carbonyl (C=O) groups is 1. The summed E-state index contributed by atoms with van der Waals surface area (Å²) < 4.78 is 13.6. The van der Waals surface area contributed by atoms with Crippen molar-refractivity contribution in [3.63, 3.8) is 0 Å². The van der Waals surface area contributed by atoms with E-state index in [4.69, 9.17) is 0 Å². The quantitative estimate of drug-likeness (QED) is 0.507. The molecule has 3 N–H and O–H groups in total. The van der Waals surface area contributed by atoms with Crippen molar-refractivity contribution < 1.29 is 9.18 Å². The number of nitrogens with one attached hydrogen (secondary N) is 3. The maximum absolute atomic E-state index is 13.6. The summed E-state index contributed by atoms with van der Waals surface area (Å²) in [7, 11) is 0. The lowest BCUT2D eigenvalue weighted by molar-refractivity contribution is 0.251. The highest BCUT2D eigenvalue weighted by Gasteiger charge is 2.09. The van der Waals surface area contributed by atoms with Gasteiger partial charge in [0.05, 0.1) is 16.5 Å². The molecule has 26 heavy (non-hydrogen) atoms. The third-order valence-corrected chi connectivity index (χ3v) is 4.40. The van der Waals surface area contributed by atoms with Crippen LogP contribution in [0.4, 0.5) is 14.9 Å². The normalized spacial score (nSPS) is 10.8. The van der Waals surface area contributed by atoms with E-state index < -0.39 is 6.03 Å². The molecule has 4 aromatic rings. The van der Waals surface area contributed by atoms with E-state index in [0.29, 0.717) is 17.1 Å². The van der Waals surface area contributed by atoms with Gasteiger partial charge >= 0.3 is 6.03 Å². The number of hydrogen-bond acceptors (Lipinski definition) is 4. The molecule has 0 aliphatic heterocycles. The summed E-state index contributed by atoms with van der Waals surface area (Å²) in [6, 6.07) is 11.3. The minimum absolute atomic E-state index is 0.108. The van der Waals surface area contributed by atoms with Gasteiger partial charge in [-0.2, -0.15) is 0 Å². The lowest BCUT2D eigenvalue weighted by Crippen LogP contribution is -2.28. The molecule has 130 valence electrons. The van der Waals surface area contributed by atoms with Gasteiger partial charge in [-0.25, -0.2) is 19.2 Å². The molecule has 0 unspecified atom stereocenters. The summed E-state index contributed by atoms with van der Waals surface area (Å²) in [5.74, 6) is 0.336. The number of urea groups is 1. The number of H-pyrrole nitrogens is 1. The Kier molecular flexibility index (Phi) is 4.32. The van der Waals surface area contributed by atoms with Crippen LogP contribution in [0.15, 0.2) is 53.4 Å². The minimum atomic E-state index is -0.414. The van der Waals surface area contributed by atoms with Crippen LogP contribution in [0.1, 0.15) is 5.56 Å². The molecule has 0 bridgehead atoms. The maximum Gasteiger partial charge on any atom is 0.319 e. The molecule has 2 aromatic carbocycles. The monoisotopic (exact) mass is 367 g/mol. The van der Waals surface area contributed by atoms with Gasteiger partial charge in [0.25, 0.3) is 0 Å². The number of thiazole rings is 1. The Morgan fingerprint density at radius 1 is 1.23 bits per heavy atom. The second kappa shape index (κ2) is 6.93. The Labute approximate surface area is 152 Å². The van der Waals surface area contributed by atoms with Gasteiger partial charge in [0, 0.05) is 23.2 Å². The molecule has 0 saturated heterocycles. The fourth-order valence-electron chi connectivity index (χ4n) is 2.53. The molecule has 4 rings (SSSR count). The van der Waals surface area contributed by atoms with Crippen LogP contribution in [0, 0.1) is 5.82 Å². The number of imidazole rings is 1. The van der Waals surface area contributed by atoms with E-state index >= 15 is 0 Å². The average Bonchev–Trinajstić information content (AvgIpc) is 3.30. The fourth-order valence-corrected chi connectivity index (χ4v) is 3.06. The summed E-state index contributed by atoms with van der Waals surface area (Å²) in [5, 5.41) is 7.27. The molecule has 2 amide bonds. The van der Waals surface area contributed by atoms with Crippen LogP contribution < -0.4 is 10.6 Å². The minimum Gasteiger partial charge on any atom is -0.337 e. The van der Waals surface area contributed by atoms with Crippen molar-refractivity contribution in [2.45, 2.75) is 6.54 Å². The smallest absolute Gasteiger partial charge is 0.319 e. The molecule has 0 aliphatic carbocycles. The standard InChI is InChI=1S/C18H14FN5OS/c19-13-4-2-1-3-11(13)8-20-18(25)22-12-5-6-14-15(7-12)24-17(23-14)16-9-26-10-21-16/h1-7,9-10H,8H2,(H,23,24)(H2,20,22,25). The molecular formula is C18H14FN5OS. The van der Waals surface area contributed by atoms with Gasteiger partial charge in [-0.1, -0.05) is 18.2 Å². The number of hydrogen-bond donors (Lipinski definition) is 3. The highest BCUT2D eigenvalue weighted by Crippen LogP contribution is 2.22. The van der Waals surface area contributed by atoms with Gasteiger partial charge in [-0.3, -0.25) is 0 Å². The molecule has 0 fully saturated rings. The van der Waals surface area contributed by atoms with Gasteiger partial charge in [-0.05, 0) is 24.3 Å². The third-order valence-electron chi connectivity index (χ3n) is 3.81. The fraction of sp³-hybridized carbons (Fsp3) is 0.0556. The molecule has 2 heterocycles. The second-order valence-corrected chi connectivity index (χ2v) is 6.31. The van der Waals surface area contributed by atoms with E-state index in [0.717, 1.165) is 16.7 Å². The van der Waals surface area contributed by atoms with E-state index in [2.05, 4.69) is 25.6 Å². The average molecular weight is 367 g/mol. The van der Waals surface area contributed by atoms with Crippen LogP contribution in [0.5, 0.6) is 0 Å². The number of carbonyl (C=O) groups excluding carboxylic acids is 1. The van der Waals surface area contributed by atoms with Crippen molar-refractivity contribution >= 4 is 34.1 Å². The molecule has 0 atom stereocenters. The second-order valence-electron chi connectivity index (χ2n) is 5.59. The van der Waals surface area contributed by atoms with Crippen LogP contribution in [-0.2, 0) is 6.54 Å². The number of benzene rings is 2. The Morgan fingerprint density at radius 3 is 2.92 bits per heavy atom. The maximum atomic E-state index is 13.6. The molecule has 6 nitrogen and oxygen atoms in total. The zero-order valence-electron chi connectivity index (χ0n) is 13.5. The first-order valence-electron chi connectivity index (χ1n) is 7.85. The summed E-state index contributed by atoms with van der Waals surface area (Å²) in [6.07, 6.45) is 0. The van der Waals surface area contributed by atoms with E-state index in [9.17, 15) is 9.18 Å². The first kappa shape index (κ1) is 16.2. The first-order chi connectivity index (χ1) is 12.7. The van der Waals surface area contributed by atoms with Crippen LogP contribution >= 0.6 is 11.3 Å². The predicted octanol–water partition coefficient (Wildman–Crippen LogP) is 4.15. The van der Waals surface area contributed by atoms with E-state index in [1.54, 1.807) is 35.8 Å². The number of nitrogens with zero attached hydrogens (tertiary/aromatic N) is 2. The van der Waals surface area contributed by atoms with E-state index in [-0.39, 0.29) is 12.4 Å². The molecule has 0 radical (unpaired) electrons. The number of aromatic amines is 1. The molecule has 0 saturated carbocycles. The molecule has 8 heteroatoms. The highest BCUT2D eigenvalue weighted by atomic mass is 32.1. The van der Waals surface area contributed by atoms with Crippen molar-refractivity contribution in [1.29, 1.82) is 0 Å². The van der Waals surface area contributed by atoms with E-state index in [1.165, 1.54) is 17.4 Å². The number of halogens is 1. The Morgan fingerprint density at radius 2 is 2.12 bits per heavy atom. The SMILES string of the molecule is O=C(NCc1ccccc1F)Nc1ccc2[nH]c(-c3cscn3)nc2c1. The Balaban J connectivity index is 1.45. The lowest BCUT2D eigenvalue weighted by Gasteiger charge is -2.08. The molecular weight excluding hydrogens is 353 g/mol. The Bertz CT molecular complexity index is 1060. The highest BCUT2D eigenvalue weighted by molar-refractivity contribution is 7.07. The number of anilines is 1. The van der Waals surface area contributed by atoms with Crippen LogP contribution in [-0.4, -0.2) is 21.0 Å². The third kappa shape index (κ3) is 3.40. The molecule has 0 aliphatic rings. The van der Waals surface area contributed by atoms with Crippen LogP contribution in [0.3, 0.4) is 0 Å². The van der Waals surface area contributed by atoms with E-state index in [1.807, 2.05) is 11.4 Å². The largest absolute Gasteiger partial charge is 0.337 e. The van der Waals surface area contributed by atoms with Gasteiger partial charge in [0.15, 0.2) is 5.82 Å². The van der Waals surface area contributed by atoms with Crippen molar-refractivity contribution in [2.24, 2.45) is 0 Å². The lowest BCUT2D eigenvalue weighted by atomic mass is 10.2. The topological polar surface area (TPSA) is 82.7 Å². The van der Waals surface area contributed by atoms with Crippen molar-refractivity contribution in [3.05, 3.63) is 64.7 Å². The van der Waals surface area contributed by atoms with Gasteiger partial charge in [0.1, 0.15) is 11.5 Å². The molecule has 2 aromatic heterocycles.